The van der Waals surface area contributed by atoms with Crippen LogP contribution in [0.25, 0.3) is 11.1 Å². The molecule has 37 heavy (non-hydrogen) atoms. The van der Waals surface area contributed by atoms with Gasteiger partial charge in [0.25, 0.3) is 5.91 Å². The van der Waals surface area contributed by atoms with E-state index in [2.05, 4.69) is 10.3 Å². The van der Waals surface area contributed by atoms with Gasteiger partial charge in [-0.15, -0.1) is 0 Å². The lowest BCUT2D eigenvalue weighted by molar-refractivity contribution is -0.751. The second-order valence-electron chi connectivity index (χ2n) is 9.62. The molecule has 0 radical (unpaired) electrons. The van der Waals surface area contributed by atoms with Gasteiger partial charge in [-0.25, -0.2) is 9.78 Å². The minimum atomic E-state index is -1.27. The zero-order valence-electron chi connectivity index (χ0n) is 20.0. The number of hydrogen-bond acceptors (Lipinski definition) is 8. The van der Waals surface area contributed by atoms with Crippen LogP contribution in [0.2, 0.25) is 0 Å². The number of benzene rings is 1. The van der Waals surface area contributed by atoms with Crippen molar-refractivity contribution in [2.45, 2.75) is 31.0 Å². The summed E-state index contributed by atoms with van der Waals surface area (Å²) >= 11 is 0. The number of carbonyl (C=O) groups is 3. The molecule has 1 unspecified atom stereocenters. The molecular weight excluding hydrogens is 482 g/mol. The predicted octanol–water partition coefficient (Wildman–Crippen LogP) is 0.281. The van der Waals surface area contributed by atoms with Gasteiger partial charge in [0, 0.05) is 24.6 Å². The second-order valence-corrected chi connectivity index (χ2v) is 9.62. The number of nitrogens with one attached hydrogen (secondary N) is 2. The minimum Gasteiger partial charge on any atom is -0.625 e. The molecule has 0 bridgehead atoms. The lowest BCUT2D eigenvalue weighted by atomic mass is 9.96. The first-order valence-electron chi connectivity index (χ1n) is 12.0. The molecule has 2 saturated heterocycles. The SMILES string of the molecule is COc1ccc2c(c1)C(=O)N(C[C@]1(c3cc4nc(N5C(=O)CC[C@H]5CO)ccc4o3)C[NH+]([O-])C(=O)N1)C2. The Kier molecular flexibility index (Phi) is 5.40. The number of pyridine rings is 1. The number of furan rings is 1. The second kappa shape index (κ2) is 8.54. The number of methoxy groups -OCH3 is 1. The molecule has 3 atom stereocenters. The molecule has 12 heteroatoms. The molecule has 3 N–H and O–H groups in total. The highest BCUT2D eigenvalue weighted by atomic mass is 16.5. The number of amides is 4. The summed E-state index contributed by atoms with van der Waals surface area (Å²) in [6, 6.07) is 9.12. The Bertz CT molecular complexity index is 1440. The van der Waals surface area contributed by atoms with Crippen LogP contribution < -0.4 is 20.0 Å². The summed E-state index contributed by atoms with van der Waals surface area (Å²) in [5, 5.41) is 24.2. The van der Waals surface area contributed by atoms with E-state index >= 15 is 0 Å². The molecule has 3 aromatic rings. The quantitative estimate of drug-likeness (QED) is 0.402. The van der Waals surface area contributed by atoms with Crippen molar-refractivity contribution >= 4 is 34.8 Å². The molecule has 6 rings (SSSR count). The van der Waals surface area contributed by atoms with Crippen LogP contribution in [0.15, 0.2) is 40.8 Å². The first kappa shape index (κ1) is 23.4. The molecule has 2 aromatic heterocycles. The van der Waals surface area contributed by atoms with Crippen molar-refractivity contribution in [3.05, 3.63) is 58.5 Å². The van der Waals surface area contributed by atoms with Gasteiger partial charge in [0.1, 0.15) is 29.4 Å². The number of nitrogens with zero attached hydrogens (tertiary/aromatic N) is 3. The van der Waals surface area contributed by atoms with Crippen molar-refractivity contribution in [2.75, 3.05) is 31.7 Å². The topological polar surface area (TPSA) is 153 Å². The summed E-state index contributed by atoms with van der Waals surface area (Å²) in [7, 11) is 1.53. The van der Waals surface area contributed by atoms with Gasteiger partial charge < -0.3 is 24.4 Å². The Morgan fingerprint density at radius 2 is 2.11 bits per heavy atom. The van der Waals surface area contributed by atoms with Crippen molar-refractivity contribution in [3.8, 4) is 5.75 Å². The Labute approximate surface area is 211 Å². The number of hydrogen-bond donors (Lipinski definition) is 3. The van der Waals surface area contributed by atoms with Crippen molar-refractivity contribution in [1.29, 1.82) is 0 Å². The molecule has 5 heterocycles. The largest absolute Gasteiger partial charge is 0.625 e. The van der Waals surface area contributed by atoms with Crippen LogP contribution in [0.5, 0.6) is 5.75 Å². The highest BCUT2D eigenvalue weighted by Crippen LogP contribution is 2.34. The van der Waals surface area contributed by atoms with Crippen LogP contribution in [-0.4, -0.2) is 65.7 Å². The fraction of sp³-hybridized carbons (Fsp3) is 0.360. The number of anilines is 1. The minimum absolute atomic E-state index is 0.0180. The van der Waals surface area contributed by atoms with Crippen LogP contribution in [0.3, 0.4) is 0 Å². The van der Waals surface area contributed by atoms with Crippen molar-refractivity contribution in [2.24, 2.45) is 0 Å². The summed E-state index contributed by atoms with van der Waals surface area (Å²) in [6.07, 6.45) is 0.873. The zero-order chi connectivity index (χ0) is 25.9. The summed E-state index contributed by atoms with van der Waals surface area (Å²) in [5.41, 5.74) is 0.891. The highest BCUT2D eigenvalue weighted by Gasteiger charge is 2.51. The van der Waals surface area contributed by atoms with E-state index in [1.165, 1.54) is 12.0 Å². The summed E-state index contributed by atoms with van der Waals surface area (Å²) in [4.78, 5) is 45.6. The Morgan fingerprint density at radius 3 is 2.84 bits per heavy atom. The molecule has 1 aromatic carbocycles. The third-order valence-electron chi connectivity index (χ3n) is 7.34. The first-order valence-corrected chi connectivity index (χ1v) is 12.0. The van der Waals surface area contributed by atoms with E-state index in [0.717, 1.165) is 5.56 Å². The molecule has 4 amide bonds. The summed E-state index contributed by atoms with van der Waals surface area (Å²) in [5.74, 6) is 0.886. The van der Waals surface area contributed by atoms with E-state index in [1.807, 2.05) is 6.07 Å². The lowest BCUT2D eigenvalue weighted by Gasteiger charge is -2.29. The lowest BCUT2D eigenvalue weighted by Crippen LogP contribution is -3.08. The Hall–Kier alpha value is -4.00. The smallest absolute Gasteiger partial charge is 0.416 e. The van der Waals surface area contributed by atoms with E-state index in [-0.39, 0.29) is 37.6 Å². The fourth-order valence-electron chi connectivity index (χ4n) is 5.44. The third kappa shape index (κ3) is 3.72. The maximum atomic E-state index is 13.2. The first-order chi connectivity index (χ1) is 17.8. The number of ether oxygens (including phenoxy) is 1. The standard InChI is InChI=1S/C25H25N5O7/c1-36-16-4-2-14-10-28(23(33)17(14)8-16)12-25(13-29(35)24(34)27-25)20-9-18-19(37-20)5-6-21(26-18)30-15(11-31)3-7-22(30)32/h2,4-6,8-9,15,29,31H,3,7,10-13H2,1H3,(H,27,34)/t15-,25+/m0/s1. The number of aliphatic hydroxyl groups excluding tert-OH is 1. The van der Waals surface area contributed by atoms with Gasteiger partial charge in [0.2, 0.25) is 5.91 Å². The molecule has 0 aliphatic carbocycles. The molecule has 3 aliphatic rings. The van der Waals surface area contributed by atoms with E-state index in [0.29, 0.717) is 53.4 Å². The maximum Gasteiger partial charge on any atom is 0.416 e. The van der Waals surface area contributed by atoms with Crippen LogP contribution in [0.4, 0.5) is 10.6 Å². The molecule has 12 nitrogen and oxygen atoms in total. The van der Waals surface area contributed by atoms with Crippen LogP contribution in [0, 0.1) is 5.21 Å². The van der Waals surface area contributed by atoms with Crippen molar-refractivity contribution < 1.29 is 33.7 Å². The number of rotatable bonds is 6. The summed E-state index contributed by atoms with van der Waals surface area (Å²) in [6.45, 7) is -0.0208. The van der Waals surface area contributed by atoms with Gasteiger partial charge in [-0.1, -0.05) is 6.07 Å². The number of hydroxylamine groups is 2. The average Bonchev–Trinajstić information content (AvgIpc) is 3.63. The average molecular weight is 508 g/mol. The van der Waals surface area contributed by atoms with Gasteiger partial charge in [0.05, 0.1) is 26.3 Å². The van der Waals surface area contributed by atoms with Crippen molar-refractivity contribution in [1.82, 2.24) is 15.2 Å². The molecule has 0 spiro atoms. The zero-order valence-corrected chi connectivity index (χ0v) is 20.0. The Balaban J connectivity index is 1.35. The number of carbonyl (C=O) groups excluding carboxylic acids is 3. The van der Waals surface area contributed by atoms with Gasteiger partial charge in [-0.3, -0.25) is 24.9 Å². The number of aliphatic hydroxyl groups is 1. The predicted molar refractivity (Wildman–Crippen MR) is 129 cm³/mol. The summed E-state index contributed by atoms with van der Waals surface area (Å²) < 4.78 is 11.3. The maximum absolute atomic E-state index is 13.2. The Morgan fingerprint density at radius 1 is 1.27 bits per heavy atom. The van der Waals surface area contributed by atoms with Gasteiger partial charge in [-0.2, -0.15) is 0 Å². The molecule has 192 valence electrons. The van der Waals surface area contributed by atoms with Gasteiger partial charge >= 0.3 is 6.03 Å². The number of aromatic nitrogens is 1. The molecule has 2 fully saturated rings. The van der Waals surface area contributed by atoms with Gasteiger partial charge in [-0.05, 0) is 36.2 Å². The number of quaternary nitrogens is 1. The van der Waals surface area contributed by atoms with Crippen LogP contribution in [0.1, 0.15) is 34.5 Å². The van der Waals surface area contributed by atoms with E-state index < -0.39 is 16.6 Å². The van der Waals surface area contributed by atoms with Crippen molar-refractivity contribution in [3.63, 3.8) is 0 Å². The van der Waals surface area contributed by atoms with Crippen LogP contribution in [-0.2, 0) is 16.9 Å². The third-order valence-corrected chi connectivity index (χ3v) is 7.34. The van der Waals surface area contributed by atoms with Crippen LogP contribution >= 0.6 is 0 Å². The van der Waals surface area contributed by atoms with E-state index in [4.69, 9.17) is 9.15 Å². The number of fused-ring (bicyclic) bond motifs is 2. The molecule has 0 saturated carbocycles. The number of urea groups is 1. The molecule has 3 aliphatic heterocycles. The normalized spacial score (nSPS) is 25.3. The van der Waals surface area contributed by atoms with Gasteiger partial charge in [0.15, 0.2) is 11.1 Å². The van der Waals surface area contributed by atoms with E-state index in [1.54, 1.807) is 35.2 Å². The van der Waals surface area contributed by atoms with E-state index in [9.17, 15) is 24.7 Å². The highest BCUT2D eigenvalue weighted by molar-refractivity contribution is 5.99. The fourth-order valence-corrected chi connectivity index (χ4v) is 5.44. The molecular formula is C25H25N5O7. The monoisotopic (exact) mass is 507 g/mol.